The van der Waals surface area contributed by atoms with Crippen LogP contribution in [-0.2, 0) is 16.1 Å². The van der Waals surface area contributed by atoms with Crippen LogP contribution in [0.3, 0.4) is 0 Å². The summed E-state index contributed by atoms with van der Waals surface area (Å²) < 4.78 is 0. The van der Waals surface area contributed by atoms with E-state index in [9.17, 15) is 14.4 Å². The summed E-state index contributed by atoms with van der Waals surface area (Å²) in [7, 11) is 0. The molecule has 1 aromatic carbocycles. The summed E-state index contributed by atoms with van der Waals surface area (Å²) in [5, 5.41) is 20.2. The highest BCUT2D eigenvalue weighted by Gasteiger charge is 2.30. The average molecular weight is 384 g/mol. The Morgan fingerprint density at radius 1 is 1.25 bits per heavy atom. The molecule has 1 saturated heterocycles. The molecule has 0 spiro atoms. The Morgan fingerprint density at radius 3 is 2.54 bits per heavy atom. The number of likely N-dealkylation sites (tertiary alicyclic amines) is 1. The Balaban J connectivity index is 0.000000237. The topological polar surface area (TPSA) is 137 Å². The lowest BCUT2D eigenvalue weighted by molar-refractivity contribution is -0.141. The molecule has 0 saturated carbocycles. The molecule has 1 fully saturated rings. The molecule has 2 atom stereocenters. The lowest BCUT2D eigenvalue weighted by Crippen LogP contribution is -2.38. The van der Waals surface area contributed by atoms with Gasteiger partial charge in [-0.3, -0.25) is 9.59 Å². The third-order valence-corrected chi connectivity index (χ3v) is 4.74. The van der Waals surface area contributed by atoms with Crippen LogP contribution in [-0.4, -0.2) is 40.5 Å². The smallest absolute Gasteiger partial charge is 0.315 e. The molecule has 0 aromatic heterocycles. The summed E-state index contributed by atoms with van der Waals surface area (Å²) in [5.74, 6) is -1.85. The molecule has 1 heterocycles. The summed E-state index contributed by atoms with van der Waals surface area (Å²) in [6, 6.07) is 10.8. The van der Waals surface area contributed by atoms with E-state index in [1.165, 1.54) is 4.90 Å². The van der Waals surface area contributed by atoms with Crippen molar-refractivity contribution < 1.29 is 19.5 Å². The number of carbonyl (C=O) groups is 3. The zero-order valence-electron chi connectivity index (χ0n) is 15.5. The van der Waals surface area contributed by atoms with Crippen molar-refractivity contribution in [2.75, 3.05) is 6.54 Å². The quantitative estimate of drug-likeness (QED) is 0.727. The summed E-state index contributed by atoms with van der Waals surface area (Å²) >= 11 is 0. The van der Waals surface area contributed by atoms with Gasteiger partial charge in [0.05, 0.1) is 12.0 Å². The van der Waals surface area contributed by atoms with Crippen LogP contribution in [0.25, 0.3) is 0 Å². The number of benzene rings is 1. The van der Waals surface area contributed by atoms with Crippen molar-refractivity contribution in [1.29, 1.82) is 5.26 Å². The van der Waals surface area contributed by atoms with Crippen LogP contribution in [0, 0.1) is 17.2 Å². The van der Waals surface area contributed by atoms with Gasteiger partial charge in [-0.1, -0.05) is 36.4 Å². The van der Waals surface area contributed by atoms with E-state index in [-0.39, 0.29) is 11.9 Å². The first-order valence-electron chi connectivity index (χ1n) is 9.14. The van der Waals surface area contributed by atoms with Gasteiger partial charge in [0.1, 0.15) is 6.04 Å². The molecule has 1 unspecified atom stereocenters. The van der Waals surface area contributed by atoms with Gasteiger partial charge in [-0.05, 0) is 31.2 Å². The molecule has 148 valence electrons. The normalized spacial score (nSPS) is 20.4. The standard InChI is InChI=1S/C14H15NO3.C6H9N3O/c16-13(11-7-4-8-12(11)14(17)18)15-9-10-5-2-1-3-6-10;7-4-5-2-1-3-9(5)6(8)10/h1-3,5-7,12H,4,8-9H2,(H,15,16)(H,17,18);5H,1-3H2,(H2,8,10)/t;5-/m.0/s1. The Bertz CT molecular complexity index is 785. The predicted molar refractivity (Wildman–Crippen MR) is 102 cm³/mol. The second kappa shape index (κ2) is 10.1. The highest BCUT2D eigenvalue weighted by Crippen LogP contribution is 2.26. The number of urea groups is 1. The number of nitrogens with two attached hydrogens (primary N) is 1. The Hall–Kier alpha value is -3.34. The van der Waals surface area contributed by atoms with Gasteiger partial charge in [0.25, 0.3) is 0 Å². The fourth-order valence-electron chi connectivity index (χ4n) is 3.26. The van der Waals surface area contributed by atoms with Crippen LogP contribution in [0.4, 0.5) is 4.79 Å². The predicted octanol–water partition coefficient (Wildman–Crippen LogP) is 1.78. The van der Waals surface area contributed by atoms with Gasteiger partial charge in [0, 0.05) is 18.7 Å². The molecule has 0 radical (unpaired) electrons. The monoisotopic (exact) mass is 384 g/mol. The minimum absolute atomic E-state index is 0.274. The number of hydrogen-bond acceptors (Lipinski definition) is 4. The number of nitriles is 1. The number of aliphatic carboxylic acids is 1. The molecule has 28 heavy (non-hydrogen) atoms. The minimum atomic E-state index is -0.923. The summed E-state index contributed by atoms with van der Waals surface area (Å²) in [5.41, 5.74) is 6.38. The molecule has 1 aliphatic heterocycles. The third kappa shape index (κ3) is 5.58. The van der Waals surface area contributed by atoms with Gasteiger partial charge in [-0.2, -0.15) is 5.26 Å². The highest BCUT2D eigenvalue weighted by atomic mass is 16.4. The van der Waals surface area contributed by atoms with E-state index in [1.807, 2.05) is 36.4 Å². The zero-order valence-corrected chi connectivity index (χ0v) is 15.5. The summed E-state index contributed by atoms with van der Waals surface area (Å²) in [4.78, 5) is 34.8. The Kier molecular flexibility index (Phi) is 7.57. The maximum absolute atomic E-state index is 11.9. The van der Waals surface area contributed by atoms with Gasteiger partial charge < -0.3 is 21.1 Å². The highest BCUT2D eigenvalue weighted by molar-refractivity contribution is 5.99. The molecule has 3 rings (SSSR count). The molecule has 1 aliphatic carbocycles. The van der Waals surface area contributed by atoms with Crippen LogP contribution < -0.4 is 11.1 Å². The van der Waals surface area contributed by atoms with E-state index in [0.29, 0.717) is 31.5 Å². The average Bonchev–Trinajstić information content (AvgIpc) is 3.36. The largest absolute Gasteiger partial charge is 0.481 e. The maximum atomic E-state index is 11.9. The number of rotatable bonds is 4. The van der Waals surface area contributed by atoms with Gasteiger partial charge in [-0.15, -0.1) is 0 Å². The first-order valence-corrected chi connectivity index (χ1v) is 9.14. The van der Waals surface area contributed by atoms with E-state index in [4.69, 9.17) is 16.1 Å². The molecule has 4 N–H and O–H groups in total. The molecule has 3 amide bonds. The number of allylic oxidation sites excluding steroid dienone is 1. The van der Waals surface area contributed by atoms with Gasteiger partial charge in [0.15, 0.2) is 0 Å². The van der Waals surface area contributed by atoms with E-state index in [1.54, 1.807) is 6.08 Å². The number of amides is 3. The minimum Gasteiger partial charge on any atom is -0.481 e. The van der Waals surface area contributed by atoms with Crippen molar-refractivity contribution in [2.24, 2.45) is 11.7 Å². The van der Waals surface area contributed by atoms with Gasteiger partial charge in [-0.25, -0.2) is 4.79 Å². The number of nitrogens with one attached hydrogen (secondary N) is 1. The molecular formula is C20H24N4O4. The maximum Gasteiger partial charge on any atom is 0.315 e. The van der Waals surface area contributed by atoms with Gasteiger partial charge >= 0.3 is 12.0 Å². The first-order chi connectivity index (χ1) is 13.4. The summed E-state index contributed by atoms with van der Waals surface area (Å²) in [6.45, 7) is 1.05. The van der Waals surface area contributed by atoms with Crippen LogP contribution in [0.5, 0.6) is 0 Å². The van der Waals surface area contributed by atoms with Crippen LogP contribution in [0.2, 0.25) is 0 Å². The van der Waals surface area contributed by atoms with Crippen molar-refractivity contribution in [3.05, 3.63) is 47.5 Å². The molecule has 1 aromatic rings. The lowest BCUT2D eigenvalue weighted by atomic mass is 10.0. The fraction of sp³-hybridized carbons (Fsp3) is 0.400. The van der Waals surface area contributed by atoms with Crippen LogP contribution in [0.15, 0.2) is 42.0 Å². The second-order valence-electron chi connectivity index (χ2n) is 6.61. The number of carbonyl (C=O) groups excluding carboxylic acids is 2. The number of hydrogen-bond donors (Lipinski definition) is 3. The zero-order chi connectivity index (χ0) is 20.5. The van der Waals surface area contributed by atoms with Crippen LogP contribution >= 0.6 is 0 Å². The van der Waals surface area contributed by atoms with Gasteiger partial charge in [0.2, 0.25) is 5.91 Å². The number of primary amides is 1. The second-order valence-corrected chi connectivity index (χ2v) is 6.61. The number of nitrogens with zero attached hydrogens (tertiary/aromatic N) is 2. The van der Waals surface area contributed by atoms with Crippen molar-refractivity contribution in [3.63, 3.8) is 0 Å². The molecule has 8 nitrogen and oxygen atoms in total. The van der Waals surface area contributed by atoms with Crippen molar-refractivity contribution >= 4 is 17.9 Å². The van der Waals surface area contributed by atoms with E-state index in [2.05, 4.69) is 5.32 Å². The lowest BCUT2D eigenvalue weighted by Gasteiger charge is -2.15. The number of carboxylic acid groups (broad SMARTS) is 1. The summed E-state index contributed by atoms with van der Waals surface area (Å²) in [6.07, 6.45) is 4.55. The first kappa shape index (κ1) is 21.0. The molecular weight excluding hydrogens is 360 g/mol. The van der Waals surface area contributed by atoms with Crippen LogP contribution in [0.1, 0.15) is 31.2 Å². The molecule has 2 aliphatic rings. The SMILES string of the molecule is N#C[C@@H]1CCCN1C(N)=O.O=C(NCc1ccccc1)C1=CCCC1C(=O)O. The Labute approximate surface area is 163 Å². The van der Waals surface area contributed by atoms with E-state index >= 15 is 0 Å². The molecule has 8 heteroatoms. The van der Waals surface area contributed by atoms with Crippen molar-refractivity contribution in [2.45, 2.75) is 38.3 Å². The van der Waals surface area contributed by atoms with E-state index < -0.39 is 17.9 Å². The molecule has 0 bridgehead atoms. The third-order valence-electron chi connectivity index (χ3n) is 4.74. The van der Waals surface area contributed by atoms with Crippen molar-refractivity contribution in [1.82, 2.24) is 10.2 Å². The van der Waals surface area contributed by atoms with E-state index in [0.717, 1.165) is 18.4 Å². The van der Waals surface area contributed by atoms with Crippen molar-refractivity contribution in [3.8, 4) is 6.07 Å². The fourth-order valence-corrected chi connectivity index (χ4v) is 3.26. The Morgan fingerprint density at radius 2 is 1.96 bits per heavy atom. The number of carboxylic acids is 1.